The number of nitrogens with zero attached hydrogens (tertiary/aromatic N) is 1. The van der Waals surface area contributed by atoms with E-state index in [0.717, 1.165) is 31.2 Å². The average Bonchev–Trinajstić information content (AvgIpc) is 2.90. The molecule has 0 saturated heterocycles. The monoisotopic (exact) mass is 309 g/mol. The third-order valence-electron chi connectivity index (χ3n) is 3.70. The van der Waals surface area contributed by atoms with E-state index in [1.165, 1.54) is 16.9 Å². The van der Waals surface area contributed by atoms with Crippen LogP contribution in [0.1, 0.15) is 53.9 Å². The molecule has 1 aliphatic carbocycles. The number of carbonyl (C=O) groups excluding carboxylic acids is 2. The molecule has 0 radical (unpaired) electrons. The Labute approximate surface area is 130 Å². The van der Waals surface area contributed by atoms with Crippen molar-refractivity contribution >= 4 is 23.2 Å². The summed E-state index contributed by atoms with van der Waals surface area (Å²) >= 11 is 1.68. The number of fused-ring (bicyclic) bond motifs is 1. The van der Waals surface area contributed by atoms with Gasteiger partial charge in [-0.3, -0.25) is 9.59 Å². The minimum atomic E-state index is -0.330. The SMILES string of the molecule is CCCN(CC(=O)OCC)C(=O)c1csc2c1CCCC2. The molecule has 0 fully saturated rings. The van der Waals surface area contributed by atoms with Crippen LogP contribution in [0.2, 0.25) is 0 Å². The summed E-state index contributed by atoms with van der Waals surface area (Å²) in [6.07, 6.45) is 5.26. The number of rotatable bonds is 6. The van der Waals surface area contributed by atoms with Gasteiger partial charge in [0, 0.05) is 16.8 Å². The van der Waals surface area contributed by atoms with Gasteiger partial charge in [0.05, 0.1) is 12.2 Å². The zero-order chi connectivity index (χ0) is 15.2. The fourth-order valence-electron chi connectivity index (χ4n) is 2.73. The van der Waals surface area contributed by atoms with Crippen molar-refractivity contribution in [3.63, 3.8) is 0 Å². The Morgan fingerprint density at radius 2 is 2.05 bits per heavy atom. The third kappa shape index (κ3) is 3.84. The van der Waals surface area contributed by atoms with Crippen LogP contribution in [0.4, 0.5) is 0 Å². The van der Waals surface area contributed by atoms with Crippen molar-refractivity contribution in [2.45, 2.75) is 46.0 Å². The molecule has 0 unspecified atom stereocenters. The molecule has 2 rings (SSSR count). The molecule has 0 N–H and O–H groups in total. The first-order valence-electron chi connectivity index (χ1n) is 7.71. The second-order valence-electron chi connectivity index (χ2n) is 5.29. The number of amides is 1. The van der Waals surface area contributed by atoms with E-state index in [-0.39, 0.29) is 18.4 Å². The lowest BCUT2D eigenvalue weighted by molar-refractivity contribution is -0.143. The Hall–Kier alpha value is -1.36. The highest BCUT2D eigenvalue weighted by Crippen LogP contribution is 2.31. The topological polar surface area (TPSA) is 46.6 Å². The Morgan fingerprint density at radius 1 is 1.29 bits per heavy atom. The molecule has 0 spiro atoms. The van der Waals surface area contributed by atoms with Crippen LogP contribution in [0, 0.1) is 0 Å². The molecule has 0 aromatic carbocycles. The van der Waals surface area contributed by atoms with Gasteiger partial charge >= 0.3 is 5.97 Å². The molecule has 1 heterocycles. The highest BCUT2D eigenvalue weighted by Gasteiger charge is 2.25. The van der Waals surface area contributed by atoms with E-state index in [2.05, 4.69) is 0 Å². The van der Waals surface area contributed by atoms with Crippen molar-refractivity contribution in [3.05, 3.63) is 21.4 Å². The smallest absolute Gasteiger partial charge is 0.325 e. The molecule has 4 nitrogen and oxygen atoms in total. The quantitative estimate of drug-likeness (QED) is 0.759. The second kappa shape index (κ2) is 7.59. The van der Waals surface area contributed by atoms with E-state index in [0.29, 0.717) is 13.2 Å². The Balaban J connectivity index is 2.14. The van der Waals surface area contributed by atoms with E-state index in [1.54, 1.807) is 23.2 Å². The van der Waals surface area contributed by atoms with Crippen molar-refractivity contribution in [1.82, 2.24) is 4.90 Å². The Kier molecular flexibility index (Phi) is 5.79. The first-order chi connectivity index (χ1) is 10.2. The summed E-state index contributed by atoms with van der Waals surface area (Å²) in [5, 5.41) is 1.96. The van der Waals surface area contributed by atoms with Crippen LogP contribution in [0.5, 0.6) is 0 Å². The average molecular weight is 309 g/mol. The van der Waals surface area contributed by atoms with E-state index in [1.807, 2.05) is 12.3 Å². The molecule has 1 aliphatic rings. The molecule has 1 amide bonds. The summed E-state index contributed by atoms with van der Waals surface area (Å²) in [7, 11) is 0. The summed E-state index contributed by atoms with van der Waals surface area (Å²) in [5.41, 5.74) is 2.01. The van der Waals surface area contributed by atoms with Gasteiger partial charge in [0.25, 0.3) is 5.91 Å². The zero-order valence-corrected chi connectivity index (χ0v) is 13.6. The molecule has 116 valence electrons. The van der Waals surface area contributed by atoms with E-state index in [9.17, 15) is 9.59 Å². The summed E-state index contributed by atoms with van der Waals surface area (Å²) in [5.74, 6) is -0.354. The molecule has 0 saturated carbocycles. The van der Waals surface area contributed by atoms with Crippen molar-refractivity contribution in [1.29, 1.82) is 0 Å². The van der Waals surface area contributed by atoms with Gasteiger partial charge in [-0.2, -0.15) is 0 Å². The predicted molar refractivity (Wildman–Crippen MR) is 83.8 cm³/mol. The van der Waals surface area contributed by atoms with Gasteiger partial charge in [-0.1, -0.05) is 6.92 Å². The highest BCUT2D eigenvalue weighted by molar-refractivity contribution is 7.10. The minimum Gasteiger partial charge on any atom is -0.465 e. The highest BCUT2D eigenvalue weighted by atomic mass is 32.1. The van der Waals surface area contributed by atoms with E-state index in [4.69, 9.17) is 4.74 Å². The van der Waals surface area contributed by atoms with Crippen LogP contribution in [0.25, 0.3) is 0 Å². The lowest BCUT2D eigenvalue weighted by Gasteiger charge is -2.22. The van der Waals surface area contributed by atoms with Crippen molar-refractivity contribution in [3.8, 4) is 0 Å². The number of carbonyl (C=O) groups is 2. The third-order valence-corrected chi connectivity index (χ3v) is 4.79. The lowest BCUT2D eigenvalue weighted by Crippen LogP contribution is -2.37. The van der Waals surface area contributed by atoms with Crippen LogP contribution >= 0.6 is 11.3 Å². The summed E-state index contributed by atoms with van der Waals surface area (Å²) < 4.78 is 4.97. The normalized spacial score (nSPS) is 13.6. The van der Waals surface area contributed by atoms with Crippen LogP contribution in [0.15, 0.2) is 5.38 Å². The zero-order valence-electron chi connectivity index (χ0n) is 12.8. The minimum absolute atomic E-state index is 0.0238. The molecule has 1 aromatic heterocycles. The maximum atomic E-state index is 12.7. The standard InChI is InChI=1S/C16H23NO3S/c1-3-9-17(10-15(18)20-4-2)16(19)13-11-21-14-8-6-5-7-12(13)14/h11H,3-10H2,1-2H3. The Bertz CT molecular complexity index is 510. The molecule has 0 aliphatic heterocycles. The molecular weight excluding hydrogens is 286 g/mol. The van der Waals surface area contributed by atoms with Gasteiger partial charge in [0.1, 0.15) is 6.54 Å². The van der Waals surface area contributed by atoms with Gasteiger partial charge in [0.15, 0.2) is 0 Å². The fraction of sp³-hybridized carbons (Fsp3) is 0.625. The number of thiophene rings is 1. The number of esters is 1. The second-order valence-corrected chi connectivity index (χ2v) is 6.25. The maximum Gasteiger partial charge on any atom is 0.325 e. The number of ether oxygens (including phenoxy) is 1. The maximum absolute atomic E-state index is 12.7. The Morgan fingerprint density at radius 3 is 2.76 bits per heavy atom. The van der Waals surface area contributed by atoms with Gasteiger partial charge in [-0.25, -0.2) is 0 Å². The van der Waals surface area contributed by atoms with Crippen LogP contribution in [-0.4, -0.2) is 36.5 Å². The van der Waals surface area contributed by atoms with E-state index < -0.39 is 0 Å². The van der Waals surface area contributed by atoms with Gasteiger partial charge in [-0.05, 0) is 44.6 Å². The summed E-state index contributed by atoms with van der Waals surface area (Å²) in [6, 6.07) is 0. The first-order valence-corrected chi connectivity index (χ1v) is 8.59. The summed E-state index contributed by atoms with van der Waals surface area (Å²) in [6.45, 7) is 4.77. The van der Waals surface area contributed by atoms with Crippen molar-refractivity contribution in [2.24, 2.45) is 0 Å². The fourth-order valence-corrected chi connectivity index (χ4v) is 3.85. The summed E-state index contributed by atoms with van der Waals surface area (Å²) in [4.78, 5) is 27.4. The number of hydrogen-bond donors (Lipinski definition) is 0. The van der Waals surface area contributed by atoms with Crippen LogP contribution in [0.3, 0.4) is 0 Å². The van der Waals surface area contributed by atoms with Gasteiger partial charge < -0.3 is 9.64 Å². The molecular formula is C16H23NO3S. The van der Waals surface area contributed by atoms with Crippen LogP contribution in [-0.2, 0) is 22.4 Å². The van der Waals surface area contributed by atoms with E-state index >= 15 is 0 Å². The molecule has 1 aromatic rings. The van der Waals surface area contributed by atoms with Crippen LogP contribution < -0.4 is 0 Å². The first kappa shape index (κ1) is 16.0. The molecule has 5 heteroatoms. The molecule has 21 heavy (non-hydrogen) atoms. The predicted octanol–water partition coefficient (Wildman–Crippen LogP) is 3.04. The lowest BCUT2D eigenvalue weighted by atomic mass is 9.95. The number of aryl methyl sites for hydroxylation is 1. The van der Waals surface area contributed by atoms with Gasteiger partial charge in [-0.15, -0.1) is 11.3 Å². The molecule has 0 bridgehead atoms. The van der Waals surface area contributed by atoms with Gasteiger partial charge in [0.2, 0.25) is 0 Å². The van der Waals surface area contributed by atoms with Crippen molar-refractivity contribution < 1.29 is 14.3 Å². The number of hydrogen-bond acceptors (Lipinski definition) is 4. The van der Waals surface area contributed by atoms with Crippen molar-refractivity contribution in [2.75, 3.05) is 19.7 Å². The molecule has 0 atom stereocenters. The largest absolute Gasteiger partial charge is 0.465 e.